The number of aliphatic hydroxyl groups excluding tert-OH is 3. The molecule has 2 aromatic carbocycles. The number of ether oxygens (including phenoxy) is 1. The molecule has 0 heterocycles. The Kier molecular flexibility index (Phi) is 11.4. The topological polar surface area (TPSA) is 90.2 Å². The molecule has 3 atom stereocenters. The molecule has 3 unspecified atom stereocenters. The lowest BCUT2D eigenvalue weighted by atomic mass is 9.79. The summed E-state index contributed by atoms with van der Waals surface area (Å²) in [5, 5.41) is 40.5. The van der Waals surface area contributed by atoms with E-state index in [1.54, 1.807) is 23.5 Å². The number of phenolic OH excluding ortho intramolecular Hbond substituents is 1. The number of aliphatic hydroxyl groups is 3. The van der Waals surface area contributed by atoms with Gasteiger partial charge >= 0.3 is 0 Å². The summed E-state index contributed by atoms with van der Waals surface area (Å²) >= 11 is 3.59. The summed E-state index contributed by atoms with van der Waals surface area (Å²) in [5.41, 5.74) is 3.16. The number of benzene rings is 2. The van der Waals surface area contributed by atoms with Crippen LogP contribution >= 0.6 is 23.5 Å². The van der Waals surface area contributed by atoms with Gasteiger partial charge in [0.1, 0.15) is 30.3 Å². The molecule has 5 nitrogen and oxygen atoms in total. The van der Waals surface area contributed by atoms with Crippen LogP contribution in [0.4, 0.5) is 0 Å². The fraction of sp³-hybridized carbons (Fsp3) is 0.647. The first-order valence-corrected chi connectivity index (χ1v) is 16.2. The van der Waals surface area contributed by atoms with Crippen LogP contribution in [0.3, 0.4) is 0 Å². The minimum absolute atomic E-state index is 0.111. The van der Waals surface area contributed by atoms with Gasteiger partial charge < -0.3 is 25.2 Å². The summed E-state index contributed by atoms with van der Waals surface area (Å²) in [4.78, 5) is 2.27. The molecule has 0 bridgehead atoms. The lowest BCUT2D eigenvalue weighted by Crippen LogP contribution is -2.35. The van der Waals surface area contributed by atoms with Crippen molar-refractivity contribution in [2.75, 3.05) is 13.2 Å². The maximum Gasteiger partial charge on any atom is 0.126 e. The molecule has 0 radical (unpaired) electrons. The Labute approximate surface area is 257 Å². The monoisotopic (exact) mass is 606 g/mol. The number of hydrogen-bond donors (Lipinski definition) is 4. The maximum absolute atomic E-state index is 11.1. The Bertz CT molecular complexity index is 1110. The quantitative estimate of drug-likeness (QED) is 0.170. The highest BCUT2D eigenvalue weighted by Crippen LogP contribution is 2.47. The molecule has 0 aliphatic carbocycles. The first-order chi connectivity index (χ1) is 18.5. The van der Waals surface area contributed by atoms with E-state index in [2.05, 4.69) is 114 Å². The molecular weight excluding hydrogens is 553 g/mol. The van der Waals surface area contributed by atoms with Crippen LogP contribution in [0.1, 0.15) is 112 Å². The van der Waals surface area contributed by atoms with Gasteiger partial charge in [-0.3, -0.25) is 0 Å². The minimum atomic E-state index is -1.25. The molecule has 0 fully saturated rings. The van der Waals surface area contributed by atoms with E-state index in [-0.39, 0.29) is 32.8 Å². The normalized spacial score (nSPS) is 15.5. The van der Waals surface area contributed by atoms with Gasteiger partial charge in [-0.15, -0.1) is 23.5 Å². The van der Waals surface area contributed by atoms with Crippen molar-refractivity contribution < 1.29 is 25.2 Å². The fourth-order valence-corrected chi connectivity index (χ4v) is 6.94. The largest absolute Gasteiger partial charge is 0.507 e. The van der Waals surface area contributed by atoms with E-state index in [1.807, 2.05) is 0 Å². The van der Waals surface area contributed by atoms with E-state index in [0.29, 0.717) is 5.75 Å². The van der Waals surface area contributed by atoms with Gasteiger partial charge in [-0.05, 0) is 52.8 Å². The van der Waals surface area contributed by atoms with E-state index in [0.717, 1.165) is 37.8 Å². The Morgan fingerprint density at radius 2 is 0.976 bits per heavy atom. The number of hydrogen-bond acceptors (Lipinski definition) is 7. The van der Waals surface area contributed by atoms with Crippen LogP contribution in [0, 0.1) is 0 Å². The van der Waals surface area contributed by atoms with E-state index in [4.69, 9.17) is 4.74 Å². The summed E-state index contributed by atoms with van der Waals surface area (Å²) in [6, 6.07) is 8.63. The minimum Gasteiger partial charge on any atom is -0.507 e. The molecule has 0 spiro atoms. The smallest absolute Gasteiger partial charge is 0.126 e. The van der Waals surface area contributed by atoms with Crippen molar-refractivity contribution >= 4 is 23.5 Å². The van der Waals surface area contributed by atoms with Gasteiger partial charge in [0.2, 0.25) is 0 Å². The molecule has 2 aromatic rings. The second-order valence-electron chi connectivity index (χ2n) is 15.1. The van der Waals surface area contributed by atoms with Crippen LogP contribution in [0.5, 0.6) is 11.5 Å². The fourth-order valence-electron chi connectivity index (χ4n) is 4.57. The molecular formula is C34H54O5S2. The second kappa shape index (κ2) is 13.1. The second-order valence-corrected chi connectivity index (χ2v) is 18.3. The Morgan fingerprint density at radius 3 is 1.29 bits per heavy atom. The highest BCUT2D eigenvalue weighted by atomic mass is 32.2. The van der Waals surface area contributed by atoms with Crippen molar-refractivity contribution in [3.8, 4) is 11.5 Å². The molecule has 4 N–H and O–H groups in total. The molecule has 232 valence electrons. The molecule has 0 aliphatic rings. The van der Waals surface area contributed by atoms with Crippen LogP contribution in [0.15, 0.2) is 34.1 Å². The van der Waals surface area contributed by atoms with Crippen LogP contribution in [-0.2, 0) is 21.7 Å². The standard InChI is InChI=1S/C34H54O5S2/c1-20(40-21-14-23(31(2,3)4)29(38)24(15-21)32(5,6)7)41-22-16-25(33(8,9)10)30(26(17-22)34(11,12)13)39-19-28(37)27(36)18-35/h14-17,20,27-28,35-38H,18-19H2,1-13H3. The molecule has 41 heavy (non-hydrogen) atoms. The van der Waals surface area contributed by atoms with Gasteiger partial charge in [-0.1, -0.05) is 83.1 Å². The lowest BCUT2D eigenvalue weighted by Gasteiger charge is -2.31. The molecule has 0 saturated carbocycles. The molecule has 0 aliphatic heterocycles. The summed E-state index contributed by atoms with van der Waals surface area (Å²) in [6.45, 7) is 27.3. The average Bonchev–Trinajstić information content (AvgIpc) is 2.80. The SMILES string of the molecule is CC(Sc1cc(C(C)(C)C)c(O)c(C(C)(C)C)c1)Sc1cc(C(C)(C)C)c(OCC(O)C(O)CO)c(C(C)(C)C)c1. The predicted molar refractivity (Wildman–Crippen MR) is 175 cm³/mol. The Hall–Kier alpha value is -1.38. The van der Waals surface area contributed by atoms with Gasteiger partial charge in [0.25, 0.3) is 0 Å². The van der Waals surface area contributed by atoms with E-state index in [1.165, 1.54) is 0 Å². The maximum atomic E-state index is 11.1. The zero-order valence-corrected chi connectivity index (χ0v) is 29.1. The van der Waals surface area contributed by atoms with Crippen LogP contribution in [0.25, 0.3) is 0 Å². The van der Waals surface area contributed by atoms with Gasteiger partial charge in [-0.2, -0.15) is 0 Å². The predicted octanol–water partition coefficient (Wildman–Crippen LogP) is 7.91. The average molecular weight is 607 g/mol. The first-order valence-electron chi connectivity index (χ1n) is 14.5. The zero-order chi connectivity index (χ0) is 31.7. The summed E-state index contributed by atoms with van der Waals surface area (Å²) in [5.74, 6) is 1.12. The molecule has 0 aromatic heterocycles. The molecule has 0 saturated heterocycles. The molecule has 2 rings (SSSR count). The van der Waals surface area contributed by atoms with Crippen LogP contribution < -0.4 is 4.74 Å². The van der Waals surface area contributed by atoms with Gasteiger partial charge in [-0.25, -0.2) is 0 Å². The summed E-state index contributed by atoms with van der Waals surface area (Å²) in [6.07, 6.45) is -2.44. The number of rotatable bonds is 9. The summed E-state index contributed by atoms with van der Waals surface area (Å²) in [7, 11) is 0. The molecule has 0 amide bonds. The number of thioether (sulfide) groups is 2. The van der Waals surface area contributed by atoms with Crippen LogP contribution in [0.2, 0.25) is 0 Å². The lowest BCUT2D eigenvalue weighted by molar-refractivity contribution is -0.0344. The molecule has 7 heteroatoms. The van der Waals surface area contributed by atoms with E-state index >= 15 is 0 Å². The number of aromatic hydroxyl groups is 1. The van der Waals surface area contributed by atoms with Crippen LogP contribution in [-0.4, -0.2) is 50.4 Å². The zero-order valence-electron chi connectivity index (χ0n) is 27.5. The van der Waals surface area contributed by atoms with E-state index < -0.39 is 18.8 Å². The van der Waals surface area contributed by atoms with Crippen molar-refractivity contribution in [1.82, 2.24) is 0 Å². The third kappa shape index (κ3) is 9.56. The highest BCUT2D eigenvalue weighted by molar-refractivity contribution is 8.17. The Balaban J connectivity index is 2.52. The van der Waals surface area contributed by atoms with Crippen molar-refractivity contribution in [3.63, 3.8) is 0 Å². The van der Waals surface area contributed by atoms with E-state index in [9.17, 15) is 20.4 Å². The van der Waals surface area contributed by atoms with Gasteiger partial charge in [0.05, 0.1) is 11.2 Å². The third-order valence-corrected chi connectivity index (χ3v) is 9.27. The van der Waals surface area contributed by atoms with Gasteiger partial charge in [0, 0.05) is 32.0 Å². The highest BCUT2D eigenvalue weighted by Gasteiger charge is 2.30. The van der Waals surface area contributed by atoms with Crippen molar-refractivity contribution in [2.45, 2.75) is 138 Å². The van der Waals surface area contributed by atoms with Crippen molar-refractivity contribution in [3.05, 3.63) is 46.5 Å². The number of phenols is 1. The van der Waals surface area contributed by atoms with Gasteiger partial charge in [0.15, 0.2) is 0 Å². The first kappa shape index (κ1) is 35.8. The third-order valence-electron chi connectivity index (χ3n) is 7.01. The Morgan fingerprint density at radius 1 is 0.634 bits per heavy atom. The van der Waals surface area contributed by atoms with Crippen molar-refractivity contribution in [2.24, 2.45) is 0 Å². The summed E-state index contributed by atoms with van der Waals surface area (Å²) < 4.78 is 6.39. The van der Waals surface area contributed by atoms with Crippen molar-refractivity contribution in [1.29, 1.82) is 0 Å².